The first-order chi connectivity index (χ1) is 13.0. The molecule has 1 aliphatic carbocycles. The number of rotatable bonds is 5. The fraction of sp³-hybridized carbons (Fsp3) is 0.450. The predicted octanol–water partition coefficient (Wildman–Crippen LogP) is 4.10. The molecule has 0 atom stereocenters. The molecule has 0 radical (unpaired) electrons. The average molecular weight is 370 g/mol. The number of nitrogens with one attached hydrogen (secondary N) is 2. The Morgan fingerprint density at radius 2 is 1.81 bits per heavy atom. The van der Waals surface area contributed by atoms with Gasteiger partial charge in [-0.05, 0) is 37.8 Å². The smallest absolute Gasteiger partial charge is 0.322 e. The number of amides is 3. The Bertz CT molecular complexity index is 762. The summed E-state index contributed by atoms with van der Waals surface area (Å²) in [5.41, 5.74) is 2.80. The first kappa shape index (κ1) is 18.9. The molecule has 1 aromatic carbocycles. The fourth-order valence-corrected chi connectivity index (χ4v) is 3.56. The highest BCUT2D eigenvalue weighted by Crippen LogP contribution is 2.25. The van der Waals surface area contributed by atoms with Crippen molar-refractivity contribution in [3.8, 4) is 0 Å². The molecule has 3 rings (SSSR count). The normalized spacial score (nSPS) is 14.6. The van der Waals surface area contributed by atoms with Gasteiger partial charge >= 0.3 is 6.03 Å². The van der Waals surface area contributed by atoms with Gasteiger partial charge in [-0.3, -0.25) is 4.79 Å². The van der Waals surface area contributed by atoms with Gasteiger partial charge in [-0.2, -0.15) is 0 Å². The molecule has 0 spiro atoms. The average Bonchev–Trinajstić information content (AvgIpc) is 3.16. The monoisotopic (exact) mass is 370 g/mol. The number of aromatic nitrogens is 1. The van der Waals surface area contributed by atoms with Crippen LogP contribution in [0.15, 0.2) is 35.1 Å². The highest BCUT2D eigenvalue weighted by molar-refractivity contribution is 5.97. The van der Waals surface area contributed by atoms with Crippen LogP contribution in [0.3, 0.4) is 0 Å². The molecule has 1 aromatic heterocycles. The minimum atomic E-state index is -0.286. The van der Waals surface area contributed by atoms with Crippen LogP contribution in [0.2, 0.25) is 0 Å². The Morgan fingerprint density at radius 3 is 2.44 bits per heavy atom. The summed E-state index contributed by atoms with van der Waals surface area (Å²) in [5.74, 6) is 0.0601. The number of hydrogen-bond donors (Lipinski definition) is 2. The first-order valence-corrected chi connectivity index (χ1v) is 9.38. The van der Waals surface area contributed by atoms with E-state index in [2.05, 4.69) is 15.8 Å². The molecule has 0 aliphatic heterocycles. The van der Waals surface area contributed by atoms with Crippen molar-refractivity contribution in [1.29, 1.82) is 0 Å². The van der Waals surface area contributed by atoms with E-state index in [9.17, 15) is 9.59 Å². The SMILES string of the molecule is Cc1cccc(C)c1NC(=O)N(CC(=O)Nc1ccon1)C1CCCCC1. The van der Waals surface area contributed by atoms with Crippen molar-refractivity contribution in [2.24, 2.45) is 0 Å². The summed E-state index contributed by atoms with van der Waals surface area (Å²) < 4.78 is 4.73. The third-order valence-electron chi connectivity index (χ3n) is 5.01. The van der Waals surface area contributed by atoms with Crippen molar-refractivity contribution < 1.29 is 14.1 Å². The number of nitrogens with zero attached hydrogens (tertiary/aromatic N) is 2. The van der Waals surface area contributed by atoms with Gasteiger partial charge in [-0.25, -0.2) is 4.79 Å². The molecule has 1 aliphatic rings. The van der Waals surface area contributed by atoms with Crippen LogP contribution in [0.25, 0.3) is 0 Å². The molecule has 1 heterocycles. The molecular formula is C20H26N4O3. The maximum absolute atomic E-state index is 13.1. The van der Waals surface area contributed by atoms with E-state index in [4.69, 9.17) is 4.52 Å². The number of hydrogen-bond acceptors (Lipinski definition) is 4. The molecule has 1 saturated carbocycles. The minimum Gasteiger partial charge on any atom is -0.363 e. The van der Waals surface area contributed by atoms with Crippen molar-refractivity contribution in [3.63, 3.8) is 0 Å². The molecular weight excluding hydrogens is 344 g/mol. The van der Waals surface area contributed by atoms with Crippen LogP contribution >= 0.6 is 0 Å². The Labute approximate surface area is 159 Å². The van der Waals surface area contributed by atoms with Crippen LogP contribution in [0.4, 0.5) is 16.3 Å². The molecule has 7 nitrogen and oxygen atoms in total. The van der Waals surface area contributed by atoms with Gasteiger partial charge in [0.15, 0.2) is 5.82 Å². The van der Waals surface area contributed by atoms with Gasteiger partial charge in [0.1, 0.15) is 12.8 Å². The Kier molecular flexibility index (Phi) is 6.11. The predicted molar refractivity (Wildman–Crippen MR) is 104 cm³/mol. The summed E-state index contributed by atoms with van der Waals surface area (Å²) in [6, 6.07) is 7.28. The van der Waals surface area contributed by atoms with Crippen LogP contribution in [0.1, 0.15) is 43.2 Å². The Balaban J connectivity index is 1.74. The Hall–Kier alpha value is -2.83. The summed E-state index contributed by atoms with van der Waals surface area (Å²) in [6.07, 6.45) is 6.54. The molecule has 27 heavy (non-hydrogen) atoms. The molecule has 0 unspecified atom stereocenters. The van der Waals surface area contributed by atoms with Crippen LogP contribution < -0.4 is 10.6 Å². The zero-order valence-electron chi connectivity index (χ0n) is 15.8. The molecule has 144 valence electrons. The zero-order valence-corrected chi connectivity index (χ0v) is 15.8. The van der Waals surface area contributed by atoms with Crippen molar-refractivity contribution in [3.05, 3.63) is 41.7 Å². The van der Waals surface area contributed by atoms with E-state index in [1.54, 1.807) is 11.0 Å². The standard InChI is InChI=1S/C20H26N4O3/c1-14-7-6-8-15(2)19(14)22-20(26)24(16-9-4-3-5-10-16)13-18(25)21-17-11-12-27-23-17/h6-8,11-12,16H,3-5,9-10,13H2,1-2H3,(H,22,26)(H,21,23,25). The van der Waals surface area contributed by atoms with E-state index >= 15 is 0 Å². The summed E-state index contributed by atoms with van der Waals surface area (Å²) in [5, 5.41) is 9.37. The lowest BCUT2D eigenvalue weighted by molar-refractivity contribution is -0.117. The second-order valence-electron chi connectivity index (χ2n) is 7.05. The quantitative estimate of drug-likeness (QED) is 0.829. The topological polar surface area (TPSA) is 87.5 Å². The number of urea groups is 1. The number of aryl methyl sites for hydroxylation is 2. The van der Waals surface area contributed by atoms with Gasteiger partial charge in [0, 0.05) is 17.8 Å². The molecule has 0 bridgehead atoms. The van der Waals surface area contributed by atoms with E-state index in [1.165, 1.54) is 12.7 Å². The van der Waals surface area contributed by atoms with Gasteiger partial charge in [0.25, 0.3) is 0 Å². The highest BCUT2D eigenvalue weighted by Gasteiger charge is 2.28. The second kappa shape index (κ2) is 8.70. The third kappa shape index (κ3) is 4.87. The lowest BCUT2D eigenvalue weighted by Gasteiger charge is -2.34. The third-order valence-corrected chi connectivity index (χ3v) is 5.01. The molecule has 1 fully saturated rings. The lowest BCUT2D eigenvalue weighted by Crippen LogP contribution is -2.47. The van der Waals surface area contributed by atoms with Crippen LogP contribution in [0, 0.1) is 13.8 Å². The van der Waals surface area contributed by atoms with Crippen molar-refractivity contribution in [2.75, 3.05) is 17.2 Å². The van der Waals surface area contributed by atoms with E-state index < -0.39 is 0 Å². The molecule has 3 amide bonds. The van der Waals surface area contributed by atoms with E-state index in [0.29, 0.717) is 5.82 Å². The maximum Gasteiger partial charge on any atom is 0.322 e. The van der Waals surface area contributed by atoms with Crippen molar-refractivity contribution in [1.82, 2.24) is 10.1 Å². The number of para-hydroxylation sites is 1. The largest absolute Gasteiger partial charge is 0.363 e. The molecule has 7 heteroatoms. The Morgan fingerprint density at radius 1 is 1.11 bits per heavy atom. The van der Waals surface area contributed by atoms with Gasteiger partial charge in [0.2, 0.25) is 5.91 Å². The van der Waals surface area contributed by atoms with Crippen LogP contribution in [0.5, 0.6) is 0 Å². The van der Waals surface area contributed by atoms with E-state index in [0.717, 1.165) is 42.5 Å². The van der Waals surface area contributed by atoms with Gasteiger partial charge in [-0.1, -0.05) is 42.6 Å². The molecule has 2 aromatic rings. The highest BCUT2D eigenvalue weighted by atomic mass is 16.5. The molecule has 0 saturated heterocycles. The van der Waals surface area contributed by atoms with Crippen molar-refractivity contribution >= 4 is 23.4 Å². The van der Waals surface area contributed by atoms with Gasteiger partial charge in [-0.15, -0.1) is 0 Å². The van der Waals surface area contributed by atoms with Crippen LogP contribution in [-0.4, -0.2) is 34.6 Å². The number of benzene rings is 1. The number of carbonyl (C=O) groups excluding carboxylic acids is 2. The summed E-state index contributed by atoms with van der Waals surface area (Å²) in [6.45, 7) is 3.91. The van der Waals surface area contributed by atoms with Crippen molar-refractivity contribution in [2.45, 2.75) is 52.0 Å². The lowest BCUT2D eigenvalue weighted by atomic mass is 9.94. The van der Waals surface area contributed by atoms with Crippen LogP contribution in [-0.2, 0) is 4.79 Å². The number of carbonyl (C=O) groups is 2. The fourth-order valence-electron chi connectivity index (χ4n) is 3.56. The first-order valence-electron chi connectivity index (χ1n) is 9.38. The zero-order chi connectivity index (χ0) is 19.2. The van der Waals surface area contributed by atoms with E-state index in [1.807, 2.05) is 32.0 Å². The summed E-state index contributed by atoms with van der Waals surface area (Å²) >= 11 is 0. The summed E-state index contributed by atoms with van der Waals surface area (Å²) in [4.78, 5) is 27.1. The summed E-state index contributed by atoms with van der Waals surface area (Å²) in [7, 11) is 0. The molecule has 2 N–H and O–H groups in total. The van der Waals surface area contributed by atoms with E-state index in [-0.39, 0.29) is 24.5 Å². The minimum absolute atomic E-state index is 0.0196. The number of anilines is 2. The maximum atomic E-state index is 13.1. The van der Waals surface area contributed by atoms with Gasteiger partial charge in [0.05, 0.1) is 0 Å². The second-order valence-corrected chi connectivity index (χ2v) is 7.05. The van der Waals surface area contributed by atoms with Gasteiger partial charge < -0.3 is 20.1 Å².